The van der Waals surface area contributed by atoms with E-state index < -0.39 is 0 Å². The van der Waals surface area contributed by atoms with E-state index in [9.17, 15) is 0 Å². The largest absolute Gasteiger partial charge is 0.228 e. The zero-order valence-electron chi connectivity index (χ0n) is 30.7. The zero-order chi connectivity index (χ0) is 36.7. The Hall–Kier alpha value is -6.90. The molecule has 10 aromatic rings. The molecule has 55 heavy (non-hydrogen) atoms. The first-order chi connectivity index (χ1) is 27.0. The van der Waals surface area contributed by atoms with E-state index in [1.165, 1.54) is 71.1 Å². The molecule has 0 N–H and O–H groups in total. The van der Waals surface area contributed by atoms with Crippen molar-refractivity contribution < 1.29 is 0 Å². The van der Waals surface area contributed by atoms with Crippen molar-refractivity contribution in [1.29, 1.82) is 0 Å². The molecule has 1 aliphatic rings. The van der Waals surface area contributed by atoms with Crippen LogP contribution >= 0.6 is 0 Å². The molecule has 2 heteroatoms. The van der Waals surface area contributed by atoms with Gasteiger partial charge in [-0.15, -0.1) is 0 Å². The molecule has 2 nitrogen and oxygen atoms in total. The van der Waals surface area contributed by atoms with Gasteiger partial charge in [-0.2, -0.15) is 0 Å². The van der Waals surface area contributed by atoms with E-state index in [4.69, 9.17) is 9.97 Å². The highest BCUT2D eigenvalue weighted by Crippen LogP contribution is 2.53. The minimum atomic E-state index is -0.0798. The summed E-state index contributed by atoms with van der Waals surface area (Å²) in [6.07, 6.45) is 0. The van der Waals surface area contributed by atoms with E-state index in [-0.39, 0.29) is 5.41 Å². The van der Waals surface area contributed by atoms with Gasteiger partial charge in [0.2, 0.25) is 0 Å². The van der Waals surface area contributed by atoms with Crippen molar-refractivity contribution in [2.75, 3.05) is 0 Å². The molecule has 0 atom stereocenters. The van der Waals surface area contributed by atoms with Crippen molar-refractivity contribution >= 4 is 43.1 Å². The average molecular weight is 701 g/mol. The lowest BCUT2D eigenvalue weighted by molar-refractivity contribution is 0.661. The Morgan fingerprint density at radius 3 is 1.40 bits per heavy atom. The van der Waals surface area contributed by atoms with Crippen LogP contribution in [0.25, 0.3) is 99.2 Å². The Labute approximate surface area is 320 Å². The maximum Gasteiger partial charge on any atom is 0.160 e. The molecule has 0 spiro atoms. The Kier molecular flexibility index (Phi) is 6.93. The summed E-state index contributed by atoms with van der Waals surface area (Å²) in [4.78, 5) is 10.5. The molecular weight excluding hydrogens is 665 g/mol. The van der Waals surface area contributed by atoms with E-state index in [2.05, 4.69) is 196 Å². The van der Waals surface area contributed by atoms with Crippen molar-refractivity contribution in [1.82, 2.24) is 9.97 Å². The minimum Gasteiger partial charge on any atom is -0.228 e. The standard InChI is InChI=1S/C53H36N2/c1-53(2)47-17-9-16-45(51(47)46-30-37-14-7-8-15-38(37)31-48(46)53)41-22-20-40-29-44(25-21-39(40)26-41)52-54-49(42-23-18-33-10-3-5-12-35(33)27-42)32-50(55-52)43-24-19-34-11-4-6-13-36(34)28-43/h3-32H,1-2H3. The fraction of sp³-hybridized carbons (Fsp3) is 0.0566. The first-order valence-electron chi connectivity index (χ1n) is 19.1. The van der Waals surface area contributed by atoms with Gasteiger partial charge in [-0.3, -0.25) is 0 Å². The van der Waals surface area contributed by atoms with E-state index in [0.29, 0.717) is 5.82 Å². The maximum atomic E-state index is 5.23. The second-order valence-electron chi connectivity index (χ2n) is 15.5. The molecule has 0 unspecified atom stereocenters. The number of nitrogens with zero attached hydrogens (tertiary/aromatic N) is 2. The van der Waals surface area contributed by atoms with Gasteiger partial charge in [0.05, 0.1) is 11.4 Å². The van der Waals surface area contributed by atoms with Gasteiger partial charge in [-0.05, 0) is 119 Å². The number of hydrogen-bond donors (Lipinski definition) is 0. The Morgan fingerprint density at radius 2 is 0.782 bits per heavy atom. The molecule has 0 bridgehead atoms. The van der Waals surface area contributed by atoms with E-state index >= 15 is 0 Å². The minimum absolute atomic E-state index is 0.0798. The summed E-state index contributed by atoms with van der Waals surface area (Å²) in [6, 6.07) is 66.1. The van der Waals surface area contributed by atoms with Gasteiger partial charge in [0.1, 0.15) is 0 Å². The summed E-state index contributed by atoms with van der Waals surface area (Å²) in [5, 5.41) is 9.74. The van der Waals surface area contributed by atoms with Gasteiger partial charge < -0.3 is 0 Å². The topological polar surface area (TPSA) is 25.8 Å². The van der Waals surface area contributed by atoms with Gasteiger partial charge in [0.15, 0.2) is 5.82 Å². The van der Waals surface area contributed by atoms with Gasteiger partial charge >= 0.3 is 0 Å². The lowest BCUT2D eigenvalue weighted by Crippen LogP contribution is -2.14. The van der Waals surface area contributed by atoms with Crippen LogP contribution in [0.5, 0.6) is 0 Å². The number of aromatic nitrogens is 2. The van der Waals surface area contributed by atoms with Gasteiger partial charge in [-0.1, -0.05) is 153 Å². The lowest BCUT2D eigenvalue weighted by Gasteiger charge is -2.22. The summed E-state index contributed by atoms with van der Waals surface area (Å²) < 4.78 is 0. The molecule has 0 saturated carbocycles. The van der Waals surface area contributed by atoms with Gasteiger partial charge in [0, 0.05) is 22.1 Å². The maximum absolute atomic E-state index is 5.23. The number of rotatable bonds is 4. The quantitative estimate of drug-likeness (QED) is 0.183. The van der Waals surface area contributed by atoms with Crippen molar-refractivity contribution in [2.45, 2.75) is 19.3 Å². The third-order valence-corrected chi connectivity index (χ3v) is 11.8. The van der Waals surface area contributed by atoms with Crippen LogP contribution in [0.4, 0.5) is 0 Å². The molecule has 0 amide bonds. The fourth-order valence-corrected chi connectivity index (χ4v) is 8.83. The molecule has 9 aromatic carbocycles. The molecule has 0 radical (unpaired) electrons. The summed E-state index contributed by atoms with van der Waals surface area (Å²) in [5.74, 6) is 0.715. The Bertz CT molecular complexity index is 3090. The first-order valence-corrected chi connectivity index (χ1v) is 19.1. The van der Waals surface area contributed by atoms with Crippen LogP contribution in [0.2, 0.25) is 0 Å². The summed E-state index contributed by atoms with van der Waals surface area (Å²) in [5.41, 5.74) is 12.8. The van der Waals surface area contributed by atoms with Crippen LogP contribution in [0, 0.1) is 0 Å². The summed E-state index contributed by atoms with van der Waals surface area (Å²) in [7, 11) is 0. The fourth-order valence-electron chi connectivity index (χ4n) is 8.83. The van der Waals surface area contributed by atoms with E-state index in [1.807, 2.05) is 0 Å². The molecule has 0 fully saturated rings. The predicted octanol–water partition coefficient (Wildman–Crippen LogP) is 14.1. The SMILES string of the molecule is CC1(C)c2cc3ccccc3cc2-c2c(-c3ccc4cc(-c5nc(-c6ccc7ccccc7c6)cc(-c6ccc7ccccc7c6)n5)ccc4c3)cccc21. The van der Waals surface area contributed by atoms with Crippen LogP contribution in [0.15, 0.2) is 182 Å². The third-order valence-electron chi connectivity index (χ3n) is 11.8. The zero-order valence-corrected chi connectivity index (χ0v) is 30.7. The van der Waals surface area contributed by atoms with Crippen molar-refractivity contribution in [2.24, 2.45) is 0 Å². The summed E-state index contributed by atoms with van der Waals surface area (Å²) >= 11 is 0. The smallest absolute Gasteiger partial charge is 0.160 e. The highest BCUT2D eigenvalue weighted by atomic mass is 14.9. The normalized spacial score (nSPS) is 13.1. The monoisotopic (exact) mass is 700 g/mol. The van der Waals surface area contributed by atoms with Crippen LogP contribution in [0.3, 0.4) is 0 Å². The molecule has 11 rings (SSSR count). The van der Waals surface area contributed by atoms with E-state index in [0.717, 1.165) is 33.5 Å². The van der Waals surface area contributed by atoms with Crippen LogP contribution < -0.4 is 0 Å². The van der Waals surface area contributed by atoms with Crippen molar-refractivity contribution in [3.63, 3.8) is 0 Å². The van der Waals surface area contributed by atoms with Crippen LogP contribution in [-0.4, -0.2) is 9.97 Å². The molecule has 0 saturated heterocycles. The van der Waals surface area contributed by atoms with Crippen LogP contribution in [-0.2, 0) is 5.41 Å². The first kappa shape index (κ1) is 31.6. The number of hydrogen-bond acceptors (Lipinski definition) is 2. The lowest BCUT2D eigenvalue weighted by atomic mass is 9.81. The van der Waals surface area contributed by atoms with Crippen molar-refractivity contribution in [3.05, 3.63) is 193 Å². The van der Waals surface area contributed by atoms with Crippen molar-refractivity contribution in [3.8, 4) is 56.2 Å². The Balaban J connectivity index is 1.03. The molecular formula is C53H36N2. The van der Waals surface area contributed by atoms with E-state index in [1.54, 1.807) is 0 Å². The van der Waals surface area contributed by atoms with Gasteiger partial charge in [-0.25, -0.2) is 9.97 Å². The number of fused-ring (bicyclic) bond motifs is 7. The molecule has 258 valence electrons. The van der Waals surface area contributed by atoms with Crippen LogP contribution in [0.1, 0.15) is 25.0 Å². The average Bonchev–Trinajstić information content (AvgIpc) is 3.46. The predicted molar refractivity (Wildman–Crippen MR) is 231 cm³/mol. The third kappa shape index (κ3) is 5.17. The second kappa shape index (κ2) is 12.1. The molecule has 1 heterocycles. The molecule has 0 aliphatic heterocycles. The molecule has 1 aliphatic carbocycles. The Morgan fingerprint density at radius 1 is 0.327 bits per heavy atom. The summed E-state index contributed by atoms with van der Waals surface area (Å²) in [6.45, 7) is 4.72. The highest BCUT2D eigenvalue weighted by molar-refractivity contribution is 6.00. The second-order valence-corrected chi connectivity index (χ2v) is 15.5. The molecule has 1 aromatic heterocycles. The van der Waals surface area contributed by atoms with Gasteiger partial charge in [0.25, 0.3) is 0 Å². The number of benzene rings is 9. The highest BCUT2D eigenvalue weighted by Gasteiger charge is 2.37.